The number of allylic oxidation sites excluding steroid dienone is 2. The zero-order chi connectivity index (χ0) is 19.6. The van der Waals surface area contributed by atoms with Gasteiger partial charge in [-0.15, -0.1) is 0 Å². The van der Waals surface area contributed by atoms with Crippen LogP contribution in [-0.2, 0) is 0 Å². The molecule has 1 aliphatic heterocycles. The van der Waals surface area contributed by atoms with Crippen molar-refractivity contribution in [2.45, 2.75) is 38.3 Å². The van der Waals surface area contributed by atoms with Gasteiger partial charge in [0.1, 0.15) is 0 Å². The van der Waals surface area contributed by atoms with E-state index in [1.807, 2.05) is 24.3 Å². The minimum absolute atomic E-state index is 0.401. The van der Waals surface area contributed by atoms with Gasteiger partial charge in [0.25, 0.3) is 0 Å². The predicted molar refractivity (Wildman–Crippen MR) is 120 cm³/mol. The fraction of sp³-hybridized carbons (Fsp3) is 0.318. The van der Waals surface area contributed by atoms with Crippen LogP contribution in [0.5, 0.6) is 0 Å². The van der Waals surface area contributed by atoms with Gasteiger partial charge in [-0.3, -0.25) is 5.32 Å². The lowest BCUT2D eigenvalue weighted by Crippen LogP contribution is -2.52. The maximum absolute atomic E-state index is 6.57. The van der Waals surface area contributed by atoms with Gasteiger partial charge in [-0.2, -0.15) is 0 Å². The molecule has 1 atom stereocenters. The summed E-state index contributed by atoms with van der Waals surface area (Å²) >= 11 is 10.3. The molecule has 1 unspecified atom stereocenters. The molecule has 0 radical (unpaired) electrons. The van der Waals surface area contributed by atoms with Crippen molar-refractivity contribution in [2.75, 3.05) is 6.54 Å². The maximum Gasteiger partial charge on any atom is 0.243 e. The number of hydrogen-bond acceptors (Lipinski definition) is 3. The largest absolute Gasteiger partial charge is 0.343 e. The van der Waals surface area contributed by atoms with E-state index in [1.165, 1.54) is 11.1 Å². The van der Waals surface area contributed by atoms with Crippen molar-refractivity contribution >= 4 is 38.8 Å². The average molecular weight is 447 g/mol. The highest BCUT2D eigenvalue weighted by atomic mass is 79.9. The smallest absolute Gasteiger partial charge is 0.243 e. The molecule has 5 heteroatoms. The van der Waals surface area contributed by atoms with Crippen molar-refractivity contribution in [3.05, 3.63) is 75.9 Å². The first-order chi connectivity index (χ1) is 12.9. The highest BCUT2D eigenvalue weighted by molar-refractivity contribution is 9.10. The van der Waals surface area contributed by atoms with Crippen molar-refractivity contribution < 1.29 is 0 Å². The molecule has 2 aromatic carbocycles. The fourth-order valence-corrected chi connectivity index (χ4v) is 4.43. The van der Waals surface area contributed by atoms with Crippen LogP contribution in [0.3, 0.4) is 0 Å². The molecule has 0 aliphatic carbocycles. The number of hydrogen-bond donors (Lipinski definition) is 2. The summed E-state index contributed by atoms with van der Waals surface area (Å²) in [7, 11) is 0. The Morgan fingerprint density at radius 2 is 1.74 bits per heavy atom. The van der Waals surface area contributed by atoms with Gasteiger partial charge >= 0.3 is 0 Å². The van der Waals surface area contributed by atoms with E-state index in [-0.39, 0.29) is 0 Å². The highest BCUT2D eigenvalue weighted by Gasteiger charge is 2.33. The Kier molecular flexibility index (Phi) is 6.09. The summed E-state index contributed by atoms with van der Waals surface area (Å²) in [6.07, 6.45) is 0. The summed E-state index contributed by atoms with van der Waals surface area (Å²) < 4.78 is -0.753. The van der Waals surface area contributed by atoms with Gasteiger partial charge in [-0.05, 0) is 52.5 Å². The molecule has 0 saturated heterocycles. The van der Waals surface area contributed by atoms with Gasteiger partial charge in [0.05, 0.1) is 5.71 Å². The number of nitrogens with one attached hydrogen (secondary N) is 2. The van der Waals surface area contributed by atoms with Crippen LogP contribution in [0.25, 0.3) is 5.57 Å². The van der Waals surface area contributed by atoms with E-state index >= 15 is 0 Å². The van der Waals surface area contributed by atoms with Crippen LogP contribution in [0.15, 0.2) is 59.2 Å². The molecule has 3 rings (SSSR count). The standard InChI is InChI=1S/C22H25BrClN3/c1-5-25-22(23)26-15(4)20(17-11-7-6-10-16(17)14(2)3)21(27-22)18-12-8-9-13-19(18)24/h6-14,25-26H,5H2,1-4H3. The van der Waals surface area contributed by atoms with Crippen LogP contribution in [0.1, 0.15) is 50.3 Å². The molecule has 27 heavy (non-hydrogen) atoms. The second kappa shape index (κ2) is 8.17. The van der Waals surface area contributed by atoms with Crippen molar-refractivity contribution in [3.63, 3.8) is 0 Å². The molecule has 0 amide bonds. The fourth-order valence-electron chi connectivity index (χ4n) is 3.45. The lowest BCUT2D eigenvalue weighted by Gasteiger charge is -2.35. The topological polar surface area (TPSA) is 36.4 Å². The van der Waals surface area contributed by atoms with Crippen LogP contribution < -0.4 is 10.6 Å². The normalized spacial score (nSPS) is 19.9. The van der Waals surface area contributed by atoms with E-state index in [4.69, 9.17) is 16.6 Å². The molecule has 142 valence electrons. The first kappa shape index (κ1) is 20.1. The van der Waals surface area contributed by atoms with Crippen molar-refractivity contribution in [2.24, 2.45) is 4.99 Å². The molecule has 0 aromatic heterocycles. The third-order valence-corrected chi connectivity index (χ3v) is 5.61. The van der Waals surface area contributed by atoms with Crippen LogP contribution in [0, 0.1) is 0 Å². The predicted octanol–water partition coefficient (Wildman–Crippen LogP) is 5.90. The van der Waals surface area contributed by atoms with Crippen molar-refractivity contribution in [1.82, 2.24) is 10.6 Å². The van der Waals surface area contributed by atoms with E-state index in [0.717, 1.165) is 29.1 Å². The lowest BCUT2D eigenvalue weighted by molar-refractivity contribution is 0.449. The number of benzene rings is 2. The number of alkyl halides is 1. The molecule has 2 N–H and O–H groups in total. The number of rotatable bonds is 5. The Hall–Kier alpha value is -1.62. The molecule has 0 saturated carbocycles. The second-order valence-electron chi connectivity index (χ2n) is 6.96. The molecular formula is C22H25BrClN3. The third kappa shape index (κ3) is 4.13. The lowest BCUT2D eigenvalue weighted by atomic mass is 9.86. The van der Waals surface area contributed by atoms with Crippen LogP contribution in [0.2, 0.25) is 5.02 Å². The molecular weight excluding hydrogens is 422 g/mol. The van der Waals surface area contributed by atoms with Gasteiger partial charge in [0.15, 0.2) is 0 Å². The first-order valence-electron chi connectivity index (χ1n) is 9.23. The molecule has 2 aromatic rings. The third-order valence-electron chi connectivity index (χ3n) is 4.62. The summed E-state index contributed by atoms with van der Waals surface area (Å²) in [6.45, 7) is 9.33. The Morgan fingerprint density at radius 3 is 2.37 bits per heavy atom. The van der Waals surface area contributed by atoms with E-state index in [1.54, 1.807) is 0 Å². The number of aliphatic imine (C=N–C) groups is 1. The summed E-state index contributed by atoms with van der Waals surface area (Å²) in [5, 5.41) is 7.53. The highest BCUT2D eigenvalue weighted by Crippen LogP contribution is 2.36. The monoisotopic (exact) mass is 445 g/mol. The number of nitrogens with zero attached hydrogens (tertiary/aromatic N) is 1. The van der Waals surface area contributed by atoms with Crippen LogP contribution >= 0.6 is 27.5 Å². The molecule has 0 fully saturated rings. The molecule has 3 nitrogen and oxygen atoms in total. The Balaban J connectivity index is 2.26. The summed E-state index contributed by atoms with van der Waals surface area (Å²) in [5.41, 5.74) is 6.41. The zero-order valence-corrected chi connectivity index (χ0v) is 18.4. The van der Waals surface area contributed by atoms with Crippen molar-refractivity contribution in [1.29, 1.82) is 0 Å². The van der Waals surface area contributed by atoms with Gasteiger partial charge in [-0.25, -0.2) is 4.99 Å². The van der Waals surface area contributed by atoms with Gasteiger partial charge < -0.3 is 5.32 Å². The Bertz CT molecular complexity index is 904. The maximum atomic E-state index is 6.57. The molecule has 0 spiro atoms. The molecule has 1 aliphatic rings. The van der Waals surface area contributed by atoms with Gasteiger partial charge in [-0.1, -0.05) is 74.8 Å². The quantitative estimate of drug-likeness (QED) is 0.443. The van der Waals surface area contributed by atoms with E-state index in [0.29, 0.717) is 10.9 Å². The Morgan fingerprint density at radius 1 is 1.11 bits per heavy atom. The molecule has 0 bridgehead atoms. The van der Waals surface area contributed by atoms with E-state index in [9.17, 15) is 0 Å². The minimum atomic E-state index is -0.753. The second-order valence-corrected chi connectivity index (χ2v) is 8.51. The van der Waals surface area contributed by atoms with E-state index in [2.05, 4.69) is 78.5 Å². The van der Waals surface area contributed by atoms with Gasteiger partial charge in [0.2, 0.25) is 4.70 Å². The minimum Gasteiger partial charge on any atom is -0.343 e. The average Bonchev–Trinajstić information content (AvgIpc) is 2.61. The van der Waals surface area contributed by atoms with Crippen LogP contribution in [-0.4, -0.2) is 17.0 Å². The first-order valence-corrected chi connectivity index (χ1v) is 10.4. The summed E-state index contributed by atoms with van der Waals surface area (Å²) in [4.78, 5) is 5.01. The summed E-state index contributed by atoms with van der Waals surface area (Å²) in [5.74, 6) is 0.401. The number of halogens is 2. The van der Waals surface area contributed by atoms with Crippen molar-refractivity contribution in [3.8, 4) is 0 Å². The Labute approximate surface area is 175 Å². The SMILES string of the molecule is CCNC1(Br)N=C(c2ccccc2Cl)C(c2ccccc2C(C)C)=C(C)N1. The zero-order valence-electron chi connectivity index (χ0n) is 16.1. The summed E-state index contributed by atoms with van der Waals surface area (Å²) in [6, 6.07) is 16.4. The van der Waals surface area contributed by atoms with Gasteiger partial charge in [0, 0.05) is 21.9 Å². The molecule has 1 heterocycles. The van der Waals surface area contributed by atoms with Crippen LogP contribution in [0.4, 0.5) is 0 Å². The van der Waals surface area contributed by atoms with E-state index < -0.39 is 4.70 Å².